The van der Waals surface area contributed by atoms with Crippen LogP contribution < -0.4 is 9.47 Å². The van der Waals surface area contributed by atoms with E-state index in [1.165, 1.54) is 0 Å². The van der Waals surface area contributed by atoms with Crippen molar-refractivity contribution in [3.63, 3.8) is 0 Å². The van der Waals surface area contributed by atoms with Crippen LogP contribution in [0.15, 0.2) is 18.2 Å². The lowest BCUT2D eigenvalue weighted by Crippen LogP contribution is -1.97. The maximum absolute atomic E-state index is 5.21. The van der Waals surface area contributed by atoms with E-state index in [1.807, 2.05) is 25.1 Å². The Morgan fingerprint density at radius 2 is 1.64 bits per heavy atom. The van der Waals surface area contributed by atoms with Gasteiger partial charge in [0.05, 0.1) is 20.3 Å². The van der Waals surface area contributed by atoms with Crippen LogP contribution in [0.4, 0.5) is 0 Å². The van der Waals surface area contributed by atoms with Crippen molar-refractivity contribution in [2.45, 2.75) is 13.0 Å². The normalized spacial score (nSPS) is 12.3. The van der Waals surface area contributed by atoms with Crippen LogP contribution in [0.1, 0.15) is 18.6 Å². The molecule has 1 atom stereocenters. The van der Waals surface area contributed by atoms with Gasteiger partial charge in [-0.1, -0.05) is 6.07 Å². The first-order valence-electron chi connectivity index (χ1n) is 4.47. The fourth-order valence-corrected chi connectivity index (χ4v) is 1.24. The van der Waals surface area contributed by atoms with Crippen molar-refractivity contribution in [3.8, 4) is 11.5 Å². The van der Waals surface area contributed by atoms with Gasteiger partial charge in [0.2, 0.25) is 0 Å². The molecule has 0 amide bonds. The number of ether oxygens (including phenoxy) is 3. The van der Waals surface area contributed by atoms with Crippen molar-refractivity contribution in [2.75, 3.05) is 21.3 Å². The Labute approximate surface area is 84.6 Å². The second kappa shape index (κ2) is 4.86. The van der Waals surface area contributed by atoms with E-state index in [2.05, 4.69) is 0 Å². The molecule has 0 fully saturated rings. The van der Waals surface area contributed by atoms with Gasteiger partial charge in [0, 0.05) is 7.11 Å². The third-order valence-electron chi connectivity index (χ3n) is 2.23. The maximum Gasteiger partial charge on any atom is 0.161 e. The predicted octanol–water partition coefficient (Wildman–Crippen LogP) is 2.41. The van der Waals surface area contributed by atoms with Crippen LogP contribution in [0.5, 0.6) is 11.5 Å². The monoisotopic (exact) mass is 196 g/mol. The Bertz CT molecular complexity index is 297. The van der Waals surface area contributed by atoms with Crippen LogP contribution in [-0.2, 0) is 4.74 Å². The van der Waals surface area contributed by atoms with Crippen molar-refractivity contribution in [1.29, 1.82) is 0 Å². The molecule has 1 aromatic rings. The minimum atomic E-state index is 0.0646. The Morgan fingerprint density at radius 1 is 1.00 bits per heavy atom. The Hall–Kier alpha value is -1.22. The summed E-state index contributed by atoms with van der Waals surface area (Å²) in [7, 11) is 4.93. The summed E-state index contributed by atoms with van der Waals surface area (Å²) in [5, 5.41) is 0. The first-order valence-corrected chi connectivity index (χ1v) is 4.47. The summed E-state index contributed by atoms with van der Waals surface area (Å²) >= 11 is 0. The van der Waals surface area contributed by atoms with Gasteiger partial charge < -0.3 is 14.2 Å². The average molecular weight is 196 g/mol. The standard InChI is InChI=1S/C11H16O3/c1-8(12-2)9-5-6-10(13-3)11(7-9)14-4/h5-8H,1-4H3/t8-/m1/s1. The van der Waals surface area contributed by atoms with Gasteiger partial charge in [-0.25, -0.2) is 0 Å². The lowest BCUT2D eigenvalue weighted by Gasteiger charge is -2.13. The summed E-state index contributed by atoms with van der Waals surface area (Å²) in [6.07, 6.45) is 0.0646. The van der Waals surface area contributed by atoms with Crippen molar-refractivity contribution in [3.05, 3.63) is 23.8 Å². The minimum absolute atomic E-state index is 0.0646. The molecular formula is C11H16O3. The molecule has 0 unspecified atom stereocenters. The van der Waals surface area contributed by atoms with Crippen molar-refractivity contribution in [1.82, 2.24) is 0 Å². The summed E-state index contributed by atoms with van der Waals surface area (Å²) in [6.45, 7) is 1.99. The highest BCUT2D eigenvalue weighted by Crippen LogP contribution is 2.30. The zero-order valence-corrected chi connectivity index (χ0v) is 9.03. The van der Waals surface area contributed by atoms with Crippen LogP contribution in [0.2, 0.25) is 0 Å². The van der Waals surface area contributed by atoms with E-state index < -0.39 is 0 Å². The molecule has 0 radical (unpaired) electrons. The first-order chi connectivity index (χ1) is 6.72. The van der Waals surface area contributed by atoms with Crippen molar-refractivity contribution >= 4 is 0 Å². The fraction of sp³-hybridized carbons (Fsp3) is 0.455. The molecule has 0 aromatic heterocycles. The van der Waals surface area contributed by atoms with E-state index in [4.69, 9.17) is 14.2 Å². The van der Waals surface area contributed by atoms with Crippen LogP contribution in [0.3, 0.4) is 0 Å². The lowest BCUT2D eigenvalue weighted by molar-refractivity contribution is 0.119. The number of rotatable bonds is 4. The van der Waals surface area contributed by atoms with E-state index in [9.17, 15) is 0 Å². The van der Waals surface area contributed by atoms with Gasteiger partial charge in [-0.05, 0) is 24.6 Å². The molecule has 3 heteroatoms. The quantitative estimate of drug-likeness (QED) is 0.740. The van der Waals surface area contributed by atoms with E-state index in [0.717, 1.165) is 17.1 Å². The van der Waals surface area contributed by atoms with E-state index in [0.29, 0.717) is 0 Å². The number of hydrogen-bond acceptors (Lipinski definition) is 3. The molecule has 0 heterocycles. The Balaban J connectivity index is 3.01. The molecule has 1 aromatic carbocycles. The Morgan fingerprint density at radius 3 is 2.14 bits per heavy atom. The smallest absolute Gasteiger partial charge is 0.161 e. The lowest BCUT2D eigenvalue weighted by atomic mass is 10.1. The third-order valence-corrected chi connectivity index (χ3v) is 2.23. The predicted molar refractivity (Wildman–Crippen MR) is 55.0 cm³/mol. The van der Waals surface area contributed by atoms with Gasteiger partial charge in [-0.15, -0.1) is 0 Å². The maximum atomic E-state index is 5.21. The molecule has 0 spiro atoms. The van der Waals surface area contributed by atoms with Crippen LogP contribution in [0, 0.1) is 0 Å². The van der Waals surface area contributed by atoms with E-state index >= 15 is 0 Å². The SMILES string of the molecule is COc1ccc([C@@H](C)OC)cc1OC. The van der Waals surface area contributed by atoms with E-state index in [1.54, 1.807) is 21.3 Å². The Kier molecular flexibility index (Phi) is 3.77. The summed E-state index contributed by atoms with van der Waals surface area (Å²) < 4.78 is 15.5. The summed E-state index contributed by atoms with van der Waals surface area (Å²) in [4.78, 5) is 0. The second-order valence-electron chi connectivity index (χ2n) is 2.99. The molecule has 3 nitrogen and oxygen atoms in total. The van der Waals surface area contributed by atoms with Crippen molar-refractivity contribution < 1.29 is 14.2 Å². The van der Waals surface area contributed by atoms with Gasteiger partial charge in [0.15, 0.2) is 11.5 Å². The van der Waals surface area contributed by atoms with Crippen LogP contribution in [-0.4, -0.2) is 21.3 Å². The highest BCUT2D eigenvalue weighted by Gasteiger charge is 2.08. The van der Waals surface area contributed by atoms with Crippen LogP contribution >= 0.6 is 0 Å². The molecular weight excluding hydrogens is 180 g/mol. The molecule has 0 aliphatic heterocycles. The molecule has 0 bridgehead atoms. The fourth-order valence-electron chi connectivity index (χ4n) is 1.24. The van der Waals surface area contributed by atoms with E-state index in [-0.39, 0.29) is 6.10 Å². The van der Waals surface area contributed by atoms with Gasteiger partial charge in [-0.2, -0.15) is 0 Å². The average Bonchev–Trinajstić information content (AvgIpc) is 2.26. The molecule has 78 valence electrons. The summed E-state index contributed by atoms with van der Waals surface area (Å²) in [5.41, 5.74) is 1.07. The zero-order chi connectivity index (χ0) is 10.6. The van der Waals surface area contributed by atoms with Gasteiger partial charge in [0.25, 0.3) is 0 Å². The molecule has 14 heavy (non-hydrogen) atoms. The molecule has 0 saturated carbocycles. The minimum Gasteiger partial charge on any atom is -0.493 e. The molecule has 0 N–H and O–H groups in total. The molecule has 0 aliphatic carbocycles. The molecule has 1 rings (SSSR count). The highest BCUT2D eigenvalue weighted by molar-refractivity contribution is 5.43. The van der Waals surface area contributed by atoms with Crippen molar-refractivity contribution in [2.24, 2.45) is 0 Å². The van der Waals surface area contributed by atoms with Gasteiger partial charge in [0.1, 0.15) is 0 Å². The second-order valence-corrected chi connectivity index (χ2v) is 2.99. The third kappa shape index (κ3) is 2.17. The zero-order valence-electron chi connectivity index (χ0n) is 9.03. The highest BCUT2D eigenvalue weighted by atomic mass is 16.5. The first kappa shape index (κ1) is 10.9. The molecule has 0 aliphatic rings. The number of hydrogen-bond donors (Lipinski definition) is 0. The van der Waals surface area contributed by atoms with Crippen LogP contribution in [0.25, 0.3) is 0 Å². The van der Waals surface area contributed by atoms with Gasteiger partial charge >= 0.3 is 0 Å². The van der Waals surface area contributed by atoms with Gasteiger partial charge in [-0.3, -0.25) is 0 Å². The summed E-state index contributed by atoms with van der Waals surface area (Å²) in [5.74, 6) is 1.47. The number of benzene rings is 1. The number of methoxy groups -OCH3 is 3. The summed E-state index contributed by atoms with van der Waals surface area (Å²) in [6, 6.07) is 5.77. The molecule has 0 saturated heterocycles. The topological polar surface area (TPSA) is 27.7 Å². The largest absolute Gasteiger partial charge is 0.493 e.